The van der Waals surface area contributed by atoms with Crippen LogP contribution in [0.1, 0.15) is 27.5 Å². The molecule has 22 heavy (non-hydrogen) atoms. The van der Waals surface area contributed by atoms with Crippen LogP contribution in [-0.2, 0) is 11.2 Å². The summed E-state index contributed by atoms with van der Waals surface area (Å²) in [5, 5.41) is 2.58. The van der Waals surface area contributed by atoms with E-state index in [0.29, 0.717) is 25.3 Å². The summed E-state index contributed by atoms with van der Waals surface area (Å²) in [6.07, 6.45) is 1.40. The highest BCUT2D eigenvalue weighted by Gasteiger charge is 2.26. The minimum atomic E-state index is -0.258. The van der Waals surface area contributed by atoms with Crippen LogP contribution in [-0.4, -0.2) is 42.1 Å². The fraction of sp³-hybridized carbons (Fsp3) is 0.375. The molecule has 1 amide bonds. The van der Waals surface area contributed by atoms with Crippen molar-refractivity contribution in [1.82, 2.24) is 9.88 Å². The predicted molar refractivity (Wildman–Crippen MR) is 82.6 cm³/mol. The highest BCUT2D eigenvalue weighted by molar-refractivity contribution is 7.09. The Balaban J connectivity index is 1.69. The summed E-state index contributed by atoms with van der Waals surface area (Å²) in [5.74, 6) is -0.344. The average Bonchev–Trinajstić information content (AvgIpc) is 3.17. The first-order valence-electron chi connectivity index (χ1n) is 7.17. The number of likely N-dealkylation sites (N-methyl/N-ethyl adjacent to an activating group) is 1. The van der Waals surface area contributed by atoms with Crippen molar-refractivity contribution in [3.63, 3.8) is 0 Å². The van der Waals surface area contributed by atoms with Crippen LogP contribution in [0.25, 0.3) is 0 Å². The number of hydrogen-bond donors (Lipinski definition) is 0. The second-order valence-corrected chi connectivity index (χ2v) is 6.31. The zero-order chi connectivity index (χ0) is 15.5. The van der Waals surface area contributed by atoms with Crippen LogP contribution in [0.5, 0.6) is 0 Å². The number of amides is 1. The van der Waals surface area contributed by atoms with Crippen LogP contribution in [0.2, 0.25) is 0 Å². The molecule has 1 saturated heterocycles. The monoisotopic (exact) mass is 320 g/mol. The van der Waals surface area contributed by atoms with E-state index in [4.69, 9.17) is 4.74 Å². The van der Waals surface area contributed by atoms with Gasteiger partial charge in [-0.15, -0.1) is 11.3 Å². The molecular formula is C16H17FN2O2S. The molecule has 1 aromatic heterocycles. The Labute approximate surface area is 132 Å². The van der Waals surface area contributed by atoms with Crippen molar-refractivity contribution in [3.8, 4) is 0 Å². The Morgan fingerprint density at radius 2 is 2.41 bits per heavy atom. The Morgan fingerprint density at radius 1 is 1.55 bits per heavy atom. The zero-order valence-electron chi connectivity index (χ0n) is 12.3. The van der Waals surface area contributed by atoms with E-state index in [0.717, 1.165) is 17.0 Å². The van der Waals surface area contributed by atoms with Gasteiger partial charge in [-0.05, 0) is 24.1 Å². The topological polar surface area (TPSA) is 42.4 Å². The smallest absolute Gasteiger partial charge is 0.273 e. The van der Waals surface area contributed by atoms with Gasteiger partial charge in [0.25, 0.3) is 5.91 Å². The summed E-state index contributed by atoms with van der Waals surface area (Å²) in [5.41, 5.74) is 1.30. The molecule has 0 spiro atoms. The van der Waals surface area contributed by atoms with E-state index >= 15 is 0 Å². The van der Waals surface area contributed by atoms with Gasteiger partial charge in [-0.2, -0.15) is 0 Å². The normalized spacial score (nSPS) is 17.6. The molecule has 1 atom stereocenters. The summed E-state index contributed by atoms with van der Waals surface area (Å²) < 4.78 is 18.5. The Hall–Kier alpha value is -1.79. The molecule has 2 aromatic rings. The molecule has 0 N–H and O–H groups in total. The Morgan fingerprint density at radius 3 is 3.14 bits per heavy atom. The van der Waals surface area contributed by atoms with Gasteiger partial charge in [-0.3, -0.25) is 4.79 Å². The lowest BCUT2D eigenvalue weighted by molar-refractivity contribution is 0.0706. The third-order valence-corrected chi connectivity index (χ3v) is 4.64. The number of rotatable bonds is 4. The quantitative estimate of drug-likeness (QED) is 0.870. The SMILES string of the molecule is CN(C(=O)c1csc(Cc2cccc(F)c2)n1)C1CCOC1. The summed E-state index contributed by atoms with van der Waals surface area (Å²) in [6.45, 7) is 1.28. The lowest BCUT2D eigenvalue weighted by Crippen LogP contribution is -2.37. The highest BCUT2D eigenvalue weighted by Crippen LogP contribution is 2.18. The van der Waals surface area contributed by atoms with Crippen molar-refractivity contribution in [2.75, 3.05) is 20.3 Å². The second-order valence-electron chi connectivity index (χ2n) is 5.37. The average molecular weight is 320 g/mol. The molecule has 1 aliphatic heterocycles. The van der Waals surface area contributed by atoms with Crippen LogP contribution >= 0.6 is 11.3 Å². The molecule has 1 fully saturated rings. The first-order chi connectivity index (χ1) is 10.6. The minimum Gasteiger partial charge on any atom is -0.379 e. The van der Waals surface area contributed by atoms with E-state index in [9.17, 15) is 9.18 Å². The molecule has 0 bridgehead atoms. The highest BCUT2D eigenvalue weighted by atomic mass is 32.1. The van der Waals surface area contributed by atoms with Gasteiger partial charge in [-0.1, -0.05) is 12.1 Å². The third-order valence-electron chi connectivity index (χ3n) is 3.79. The molecule has 4 nitrogen and oxygen atoms in total. The van der Waals surface area contributed by atoms with Crippen LogP contribution in [0, 0.1) is 5.82 Å². The number of thiazole rings is 1. The second kappa shape index (κ2) is 6.54. The van der Waals surface area contributed by atoms with Gasteiger partial charge < -0.3 is 9.64 Å². The fourth-order valence-electron chi connectivity index (χ4n) is 2.49. The maximum Gasteiger partial charge on any atom is 0.273 e. The van der Waals surface area contributed by atoms with Gasteiger partial charge in [0.15, 0.2) is 0 Å². The fourth-order valence-corrected chi connectivity index (χ4v) is 3.29. The van der Waals surface area contributed by atoms with Crippen LogP contribution in [0.15, 0.2) is 29.6 Å². The van der Waals surface area contributed by atoms with E-state index in [1.807, 2.05) is 6.07 Å². The first kappa shape index (κ1) is 15.1. The predicted octanol–water partition coefficient (Wildman–Crippen LogP) is 2.73. The molecule has 0 saturated carbocycles. The van der Waals surface area contributed by atoms with Gasteiger partial charge in [0.05, 0.1) is 17.7 Å². The summed E-state index contributed by atoms with van der Waals surface area (Å²) >= 11 is 1.43. The molecule has 3 rings (SSSR count). The molecule has 2 heterocycles. The van der Waals surface area contributed by atoms with E-state index in [1.54, 1.807) is 23.4 Å². The molecule has 0 radical (unpaired) electrons. The number of carbonyl (C=O) groups excluding carboxylic acids is 1. The minimum absolute atomic E-state index is 0.0859. The zero-order valence-corrected chi connectivity index (χ0v) is 13.1. The van der Waals surface area contributed by atoms with E-state index in [2.05, 4.69) is 4.98 Å². The van der Waals surface area contributed by atoms with Crippen molar-refractivity contribution >= 4 is 17.2 Å². The third kappa shape index (κ3) is 3.34. The van der Waals surface area contributed by atoms with E-state index < -0.39 is 0 Å². The largest absolute Gasteiger partial charge is 0.379 e. The number of carbonyl (C=O) groups is 1. The van der Waals surface area contributed by atoms with Crippen LogP contribution in [0.3, 0.4) is 0 Å². The van der Waals surface area contributed by atoms with Gasteiger partial charge in [0.2, 0.25) is 0 Å². The van der Waals surface area contributed by atoms with Gasteiger partial charge in [0.1, 0.15) is 11.5 Å². The van der Waals surface area contributed by atoms with Gasteiger partial charge in [0, 0.05) is 25.5 Å². The summed E-state index contributed by atoms with van der Waals surface area (Å²) in [4.78, 5) is 18.5. The van der Waals surface area contributed by atoms with Gasteiger partial charge in [-0.25, -0.2) is 9.37 Å². The number of halogens is 1. The standard InChI is InChI=1S/C16H17FN2O2S/c1-19(13-5-6-21-9-13)16(20)14-10-22-15(18-14)8-11-3-2-4-12(17)7-11/h2-4,7,10,13H,5-6,8-9H2,1H3. The molecule has 0 aliphatic carbocycles. The molecule has 6 heteroatoms. The van der Waals surface area contributed by atoms with Crippen molar-refractivity contribution in [2.24, 2.45) is 0 Å². The lowest BCUT2D eigenvalue weighted by atomic mass is 10.1. The van der Waals surface area contributed by atoms with E-state index in [-0.39, 0.29) is 17.8 Å². The van der Waals surface area contributed by atoms with Crippen molar-refractivity contribution < 1.29 is 13.9 Å². The molecular weight excluding hydrogens is 303 g/mol. The number of nitrogens with zero attached hydrogens (tertiary/aromatic N) is 2. The van der Waals surface area contributed by atoms with E-state index in [1.165, 1.54) is 23.5 Å². The number of ether oxygens (including phenoxy) is 1. The Kier molecular flexibility index (Phi) is 4.49. The molecule has 116 valence electrons. The maximum atomic E-state index is 13.2. The number of aromatic nitrogens is 1. The van der Waals surface area contributed by atoms with Gasteiger partial charge >= 0.3 is 0 Å². The first-order valence-corrected chi connectivity index (χ1v) is 8.05. The molecule has 1 unspecified atom stereocenters. The summed E-state index contributed by atoms with van der Waals surface area (Å²) in [6, 6.07) is 6.57. The van der Waals surface area contributed by atoms with Crippen molar-refractivity contribution in [3.05, 3.63) is 51.7 Å². The molecule has 1 aromatic carbocycles. The van der Waals surface area contributed by atoms with Crippen LogP contribution in [0.4, 0.5) is 4.39 Å². The van der Waals surface area contributed by atoms with Crippen LogP contribution < -0.4 is 0 Å². The lowest BCUT2D eigenvalue weighted by Gasteiger charge is -2.22. The van der Waals surface area contributed by atoms with Crippen molar-refractivity contribution in [1.29, 1.82) is 0 Å². The summed E-state index contributed by atoms with van der Waals surface area (Å²) in [7, 11) is 1.78. The maximum absolute atomic E-state index is 13.2. The number of hydrogen-bond acceptors (Lipinski definition) is 4. The molecule has 1 aliphatic rings. The Bertz CT molecular complexity index is 668. The van der Waals surface area contributed by atoms with Crippen molar-refractivity contribution in [2.45, 2.75) is 18.9 Å². The number of benzene rings is 1.